The zero-order valence-electron chi connectivity index (χ0n) is 63.0. The van der Waals surface area contributed by atoms with Crippen molar-refractivity contribution >= 4 is 59.1 Å². The topological polar surface area (TPSA) is 513 Å². The van der Waals surface area contributed by atoms with Crippen LogP contribution in [0.3, 0.4) is 0 Å². The zero-order chi connectivity index (χ0) is 82.0. The highest BCUT2D eigenvalue weighted by atomic mass is 16.7. The molecular formula is C75H97N7O30. The molecule has 37 nitrogen and oxygen atoms in total. The third-order valence-corrected chi connectivity index (χ3v) is 18.9. The van der Waals surface area contributed by atoms with E-state index in [1.165, 1.54) is 91.8 Å². The molecule has 3 fully saturated rings. The third kappa shape index (κ3) is 20.2. The van der Waals surface area contributed by atoms with Crippen LogP contribution >= 0.6 is 0 Å². The first-order valence-corrected chi connectivity index (χ1v) is 35.9. The van der Waals surface area contributed by atoms with E-state index < -0.39 is 159 Å². The van der Waals surface area contributed by atoms with Crippen molar-refractivity contribution in [1.29, 1.82) is 0 Å². The Kier molecular flexibility index (Phi) is 28.5. The first-order chi connectivity index (χ1) is 53.0. The fraction of sp³-hybridized carbons (Fsp3) is 0.520. The lowest BCUT2D eigenvalue weighted by molar-refractivity contribution is -0.271. The number of ether oxygens (including phenoxy) is 12. The molecule has 0 aliphatic carbocycles. The summed E-state index contributed by atoms with van der Waals surface area (Å²) >= 11 is 0. The van der Waals surface area contributed by atoms with Gasteiger partial charge >= 0.3 is 24.1 Å². The van der Waals surface area contributed by atoms with E-state index in [0.29, 0.717) is 36.8 Å². The number of aliphatic carboxylic acids is 2. The van der Waals surface area contributed by atoms with Crippen molar-refractivity contribution in [2.75, 3.05) is 83.7 Å². The van der Waals surface area contributed by atoms with Crippen molar-refractivity contribution in [3.8, 4) is 34.5 Å². The number of carboxylic acids is 2. The standard InChI is InChI=1S/C75H97N7O30/c1-11-37(2)32-79-34-54(83)81(72(99)106-35-40-16-18-49(110-71-60(89)56(85)58(87)62(112-71)69(97)98)44(27-40)64(91)78-74(4,5)19-23-108-75(6,7)76)45-30-52(50(102-9)28-41(45)65(79)92)104-21-13-12-14-22-105-53-31-46-42(29-51(53)103-10)66(93)80-33-38(3)25-47(80)67(94)82(46)73(100)107-36-39-15-17-48(43(26-39)63(90)77-20-24-101-8)109-70-59(88)55(84)57(86)61(111-70)68(95)96/h15-18,26-31,47,54-62,67,70-71,83-89,94H,2-3,11-14,19-25,32-36,76H2,1,4-10H3,(H,77,90)(H,78,91)(H,95,96)(H,97,98)/t47?,54?,55-,56-,57-,58-,59+,60+,61-,62-,67?,70?,71?/m0/s1. The summed E-state index contributed by atoms with van der Waals surface area (Å²) < 4.78 is 68.6. The number of benzene rings is 4. The van der Waals surface area contributed by atoms with Crippen LogP contribution in [0.4, 0.5) is 21.0 Å². The average molecular weight is 1580 g/mol. The molecule has 0 saturated carbocycles. The van der Waals surface area contributed by atoms with Crippen molar-refractivity contribution in [3.63, 3.8) is 0 Å². The Balaban J connectivity index is 0.903. The molecule has 6 amide bonds. The molecule has 3 saturated heterocycles. The van der Waals surface area contributed by atoms with Crippen LogP contribution in [0, 0.1) is 0 Å². The van der Waals surface area contributed by atoms with Crippen LogP contribution in [0.2, 0.25) is 0 Å². The highest BCUT2D eigenvalue weighted by Gasteiger charge is 2.51. The van der Waals surface area contributed by atoms with Gasteiger partial charge in [0.1, 0.15) is 67.1 Å². The molecule has 112 heavy (non-hydrogen) atoms. The number of carbonyl (C=O) groups excluding carboxylic acids is 6. The van der Waals surface area contributed by atoms with Gasteiger partial charge in [-0.1, -0.05) is 43.4 Å². The molecule has 0 bridgehead atoms. The van der Waals surface area contributed by atoms with Gasteiger partial charge in [0, 0.05) is 44.4 Å². The van der Waals surface area contributed by atoms with Crippen LogP contribution in [0.25, 0.3) is 0 Å². The van der Waals surface area contributed by atoms with Gasteiger partial charge in [0.25, 0.3) is 23.6 Å². The van der Waals surface area contributed by atoms with E-state index in [2.05, 4.69) is 23.8 Å². The van der Waals surface area contributed by atoms with Gasteiger partial charge in [0.15, 0.2) is 47.7 Å². The predicted molar refractivity (Wildman–Crippen MR) is 389 cm³/mol. The predicted octanol–water partition coefficient (Wildman–Crippen LogP) is 1.99. The molecule has 5 unspecified atom stereocenters. The van der Waals surface area contributed by atoms with Gasteiger partial charge in [-0.25, -0.2) is 29.0 Å². The number of hydrogen-bond acceptors (Lipinski definition) is 29. The maximum Gasteiger partial charge on any atom is 0.416 e. The lowest BCUT2D eigenvalue weighted by Gasteiger charge is -2.38. The second kappa shape index (κ2) is 37.1. The molecular weight excluding hydrogens is 1480 g/mol. The lowest BCUT2D eigenvalue weighted by Crippen LogP contribution is -2.61. The minimum atomic E-state index is -2.05. The van der Waals surface area contributed by atoms with E-state index in [1.807, 2.05) is 6.92 Å². The van der Waals surface area contributed by atoms with Crippen molar-refractivity contribution in [1.82, 2.24) is 20.4 Å². The van der Waals surface area contributed by atoms with Crippen LogP contribution in [0.15, 0.2) is 85.0 Å². The molecule has 5 aliphatic heterocycles. The number of nitrogens with zero attached hydrogens (tertiary/aromatic N) is 4. The quantitative estimate of drug-likeness (QED) is 0.0184. The van der Waals surface area contributed by atoms with Gasteiger partial charge in [0.05, 0.1) is 86.9 Å². The van der Waals surface area contributed by atoms with Gasteiger partial charge in [-0.3, -0.25) is 19.2 Å². The first kappa shape index (κ1) is 86.0. The summed E-state index contributed by atoms with van der Waals surface area (Å²) in [7, 11) is 4.08. The van der Waals surface area contributed by atoms with Crippen LogP contribution in [-0.4, -0.2) is 274 Å². The Morgan fingerprint density at radius 1 is 0.616 bits per heavy atom. The fourth-order valence-electron chi connectivity index (χ4n) is 12.8. The minimum absolute atomic E-state index is 0.000609. The minimum Gasteiger partial charge on any atom is -0.493 e. The Labute approximate surface area is 643 Å². The molecule has 9 rings (SSSR count). The number of nitrogens with two attached hydrogens (primary N) is 1. The maximum atomic E-state index is 14.6. The number of aliphatic hydroxyl groups excluding tert-OH is 8. The molecule has 0 radical (unpaired) electrons. The highest BCUT2D eigenvalue weighted by molar-refractivity contribution is 6.07. The number of hydrogen-bond donors (Lipinski definition) is 13. The Morgan fingerprint density at radius 3 is 1.61 bits per heavy atom. The number of aliphatic hydroxyl groups is 8. The maximum absolute atomic E-state index is 14.6. The third-order valence-electron chi connectivity index (χ3n) is 18.9. The zero-order valence-corrected chi connectivity index (χ0v) is 63.0. The molecule has 5 aliphatic rings. The number of anilines is 2. The van der Waals surface area contributed by atoms with Gasteiger partial charge in [-0.15, -0.1) is 0 Å². The van der Waals surface area contributed by atoms with Crippen LogP contribution in [0.5, 0.6) is 34.5 Å². The van der Waals surface area contributed by atoms with Gasteiger partial charge in [-0.05, 0) is 114 Å². The number of rotatable bonds is 33. The molecule has 4 aromatic carbocycles. The molecule has 0 aromatic heterocycles. The molecule has 14 N–H and O–H groups in total. The Bertz CT molecular complexity index is 4130. The monoisotopic (exact) mass is 1580 g/mol. The fourth-order valence-corrected chi connectivity index (χ4v) is 12.8. The number of nitrogens with one attached hydrogen (secondary N) is 2. The number of unbranched alkanes of at least 4 members (excludes halogenated alkanes) is 2. The van der Waals surface area contributed by atoms with Crippen molar-refractivity contribution < 1.29 is 146 Å². The number of methoxy groups -OCH3 is 3. The second-order valence-corrected chi connectivity index (χ2v) is 28.4. The molecule has 4 aromatic rings. The number of carbonyl (C=O) groups is 8. The SMILES string of the molecule is C=C(CC)CN1CC(O)N(C(=O)OCc2ccc(OC3O[C@H](C(=O)O)[C@@H](O)[C@H](O)[C@H]3O)c(C(=O)NC(C)(C)CCOC(C)(C)N)c2)c2cc(OCCCCCOc3cc4c(cc3OC)C(=O)N3CC(=C)CC3C(O)N4C(=O)OCc3ccc(OC4O[C@H](C(=O)O)[C@@H](O)[C@H](O)[C@H]4O)c(C(=O)NCCOC)c3)c(OC)cc2C1=O. The first-order valence-electron chi connectivity index (χ1n) is 35.9. The summed E-state index contributed by atoms with van der Waals surface area (Å²) in [6, 6.07) is 12.1. The van der Waals surface area contributed by atoms with E-state index in [9.17, 15) is 89.4 Å². The number of carboxylic acid groups (broad SMARTS) is 2. The van der Waals surface area contributed by atoms with Crippen LogP contribution in [-0.2, 0) is 51.2 Å². The van der Waals surface area contributed by atoms with E-state index in [0.717, 1.165) is 9.80 Å². The summed E-state index contributed by atoms with van der Waals surface area (Å²) in [4.78, 5) is 114. The summed E-state index contributed by atoms with van der Waals surface area (Å²) in [6.45, 7) is 15.3. The van der Waals surface area contributed by atoms with E-state index >= 15 is 0 Å². The van der Waals surface area contributed by atoms with Crippen molar-refractivity contribution in [2.24, 2.45) is 5.73 Å². The largest absolute Gasteiger partial charge is 0.493 e. The smallest absolute Gasteiger partial charge is 0.416 e. The molecule has 5 heterocycles. The van der Waals surface area contributed by atoms with E-state index in [-0.39, 0.29) is 138 Å². The van der Waals surface area contributed by atoms with Crippen molar-refractivity contribution in [3.05, 3.63) is 118 Å². The molecule has 612 valence electrons. The Hall–Kier alpha value is -10.00. The van der Waals surface area contributed by atoms with Gasteiger partial charge in [-0.2, -0.15) is 0 Å². The summed E-state index contributed by atoms with van der Waals surface area (Å²) in [6.07, 6.45) is -23.9. The normalized spacial score (nSPS) is 23.8. The summed E-state index contributed by atoms with van der Waals surface area (Å²) in [5, 5.41) is 112. The number of β-amino-alcohol motifs (C(OH)–C–C–N with tert-alkyl or cyclic N) is 1. The van der Waals surface area contributed by atoms with E-state index in [4.69, 9.17) is 62.6 Å². The summed E-state index contributed by atoms with van der Waals surface area (Å²) in [5.41, 5.74) is 4.62. The lowest BCUT2D eigenvalue weighted by atomic mass is 9.98. The molecule has 13 atom stereocenters. The second-order valence-electron chi connectivity index (χ2n) is 28.4. The summed E-state index contributed by atoms with van der Waals surface area (Å²) in [5.74, 6) is -6.43. The molecule has 37 heteroatoms. The van der Waals surface area contributed by atoms with Gasteiger partial charge in [0.2, 0.25) is 12.6 Å². The van der Waals surface area contributed by atoms with Crippen LogP contribution in [0.1, 0.15) is 126 Å². The van der Waals surface area contributed by atoms with Gasteiger partial charge < -0.3 is 134 Å². The van der Waals surface area contributed by atoms with E-state index in [1.54, 1.807) is 27.7 Å². The number of amides is 6. The highest BCUT2D eigenvalue weighted by Crippen LogP contribution is 2.44. The van der Waals surface area contributed by atoms with Crippen molar-refractivity contribution in [2.45, 2.75) is 178 Å². The van der Waals surface area contributed by atoms with Crippen LogP contribution < -0.4 is 54.6 Å². The Morgan fingerprint density at radius 2 is 1.12 bits per heavy atom. The molecule has 0 spiro atoms. The number of fused-ring (bicyclic) bond motifs is 3. The average Bonchev–Trinajstić information content (AvgIpc) is 1.59.